The standard InChI is InChI=1S/C38H59NO7/c1-3-5-6-15-22-37(43)45-28-17-10-16-23-38(44)46-31(25-24-30-18-11-9-12-19-30)26-27-33-32(34(40)29-35(33)41)20-13-7-8-14-21-36(42)39-4-2/h7,9,11-13,18-19,26-27,31-35,40-41H,3-6,8,10,14-17,20-25,28-29H2,1-2H3,(H,39,42)/b13-7-,27-26+/t31-,32+,33+,34-,35+/m0/s1. The summed E-state index contributed by atoms with van der Waals surface area (Å²) in [5.74, 6) is -0.738. The average Bonchev–Trinajstić information content (AvgIpc) is 3.31. The molecule has 0 spiro atoms. The van der Waals surface area contributed by atoms with Crippen LogP contribution >= 0.6 is 0 Å². The van der Waals surface area contributed by atoms with Crippen LogP contribution in [0.3, 0.4) is 0 Å². The first kappa shape index (κ1) is 39.2. The van der Waals surface area contributed by atoms with Crippen molar-refractivity contribution in [2.75, 3.05) is 13.2 Å². The molecule has 46 heavy (non-hydrogen) atoms. The summed E-state index contributed by atoms with van der Waals surface area (Å²) in [7, 11) is 0. The van der Waals surface area contributed by atoms with E-state index in [9.17, 15) is 24.6 Å². The summed E-state index contributed by atoms with van der Waals surface area (Å²) in [4.78, 5) is 36.3. The second kappa shape index (κ2) is 24.2. The van der Waals surface area contributed by atoms with Crippen LogP contribution in [0.4, 0.5) is 0 Å². The Morgan fingerprint density at radius 1 is 0.891 bits per heavy atom. The molecule has 2 rings (SSSR count). The number of hydrogen-bond donors (Lipinski definition) is 3. The first-order chi connectivity index (χ1) is 22.3. The maximum Gasteiger partial charge on any atom is 0.306 e. The van der Waals surface area contributed by atoms with Gasteiger partial charge < -0.3 is 25.0 Å². The Labute approximate surface area is 277 Å². The Morgan fingerprint density at radius 3 is 2.37 bits per heavy atom. The molecule has 1 saturated carbocycles. The molecule has 1 aromatic rings. The minimum Gasteiger partial charge on any atom is -0.466 e. The molecule has 3 N–H and O–H groups in total. The Kier molecular flexibility index (Phi) is 20.7. The van der Waals surface area contributed by atoms with Crippen molar-refractivity contribution in [2.45, 2.75) is 135 Å². The van der Waals surface area contributed by atoms with Gasteiger partial charge in [-0.3, -0.25) is 14.4 Å². The molecule has 5 atom stereocenters. The summed E-state index contributed by atoms with van der Waals surface area (Å²) in [5, 5.41) is 24.2. The van der Waals surface area contributed by atoms with Crippen LogP contribution < -0.4 is 5.32 Å². The van der Waals surface area contributed by atoms with Gasteiger partial charge in [-0.25, -0.2) is 0 Å². The molecule has 0 saturated heterocycles. The van der Waals surface area contributed by atoms with Gasteiger partial charge in [0.25, 0.3) is 0 Å². The Morgan fingerprint density at radius 2 is 1.63 bits per heavy atom. The number of rotatable bonds is 24. The van der Waals surface area contributed by atoms with Gasteiger partial charge in [0.05, 0.1) is 18.8 Å². The summed E-state index contributed by atoms with van der Waals surface area (Å²) < 4.78 is 11.2. The number of aryl methyl sites for hydroxylation is 1. The maximum atomic E-state index is 12.8. The molecule has 0 unspecified atom stereocenters. The van der Waals surface area contributed by atoms with Gasteiger partial charge in [0.1, 0.15) is 6.10 Å². The third-order valence-electron chi connectivity index (χ3n) is 8.55. The van der Waals surface area contributed by atoms with Crippen LogP contribution in [0.1, 0.15) is 116 Å². The number of unbranched alkanes of at least 4 members (excludes halogenated alkanes) is 6. The highest BCUT2D eigenvalue weighted by Crippen LogP contribution is 2.36. The average molecular weight is 642 g/mol. The molecular formula is C38H59NO7. The number of carbonyl (C=O) groups is 3. The van der Waals surface area contributed by atoms with Crippen LogP contribution in [-0.4, -0.2) is 59.5 Å². The normalized spacial score (nSPS) is 20.3. The Hall–Kier alpha value is -2.97. The third kappa shape index (κ3) is 17.1. The van der Waals surface area contributed by atoms with Gasteiger partial charge >= 0.3 is 11.9 Å². The van der Waals surface area contributed by atoms with Crippen molar-refractivity contribution in [1.82, 2.24) is 5.32 Å². The minimum absolute atomic E-state index is 0.0593. The van der Waals surface area contributed by atoms with Gasteiger partial charge in [-0.05, 0) is 82.3 Å². The van der Waals surface area contributed by atoms with Crippen LogP contribution in [0, 0.1) is 11.8 Å². The van der Waals surface area contributed by atoms with Crippen molar-refractivity contribution in [2.24, 2.45) is 11.8 Å². The molecule has 8 heteroatoms. The molecule has 1 fully saturated rings. The summed E-state index contributed by atoms with van der Waals surface area (Å²) >= 11 is 0. The van der Waals surface area contributed by atoms with Crippen LogP contribution in [0.2, 0.25) is 0 Å². The Bertz CT molecular complexity index is 1040. The lowest BCUT2D eigenvalue weighted by Crippen LogP contribution is -2.22. The molecule has 0 aliphatic heterocycles. The number of allylic oxidation sites excluding steroid dienone is 2. The van der Waals surface area contributed by atoms with E-state index >= 15 is 0 Å². The minimum atomic E-state index is -0.668. The van der Waals surface area contributed by atoms with E-state index in [0.29, 0.717) is 58.1 Å². The number of ether oxygens (including phenoxy) is 2. The Balaban J connectivity index is 1.85. The quantitative estimate of drug-likeness (QED) is 0.0647. The number of aliphatic hydroxyl groups excluding tert-OH is 2. The molecule has 1 aliphatic carbocycles. The molecule has 258 valence electrons. The van der Waals surface area contributed by atoms with Crippen molar-refractivity contribution in [1.29, 1.82) is 0 Å². The SMILES string of the molecule is CCCCCCC(=O)OCCCCCC(=O)O[C@H](/C=C/[C@@H]1[C@@H](C/C=C\CCCC(=O)NCC)[C@@H](O)C[C@H]1O)CCc1ccccc1. The van der Waals surface area contributed by atoms with E-state index in [-0.39, 0.29) is 29.7 Å². The van der Waals surface area contributed by atoms with Crippen molar-refractivity contribution >= 4 is 17.8 Å². The molecule has 0 bridgehead atoms. The van der Waals surface area contributed by atoms with Gasteiger partial charge in [-0.15, -0.1) is 0 Å². The summed E-state index contributed by atoms with van der Waals surface area (Å²) in [6.07, 6.45) is 17.6. The molecule has 8 nitrogen and oxygen atoms in total. The van der Waals surface area contributed by atoms with E-state index in [1.165, 1.54) is 0 Å². The third-order valence-corrected chi connectivity index (χ3v) is 8.55. The molecule has 1 aromatic carbocycles. The van der Waals surface area contributed by atoms with Crippen LogP contribution in [0.15, 0.2) is 54.6 Å². The topological polar surface area (TPSA) is 122 Å². The van der Waals surface area contributed by atoms with Gasteiger partial charge in [-0.2, -0.15) is 0 Å². The van der Waals surface area contributed by atoms with Crippen LogP contribution in [0.5, 0.6) is 0 Å². The van der Waals surface area contributed by atoms with Gasteiger partial charge in [0.2, 0.25) is 5.91 Å². The van der Waals surface area contributed by atoms with E-state index in [1.807, 2.05) is 49.4 Å². The van der Waals surface area contributed by atoms with E-state index in [2.05, 4.69) is 24.4 Å². The smallest absolute Gasteiger partial charge is 0.306 e. The number of hydrogen-bond acceptors (Lipinski definition) is 7. The zero-order valence-electron chi connectivity index (χ0n) is 28.2. The number of amides is 1. The van der Waals surface area contributed by atoms with E-state index < -0.39 is 18.3 Å². The molecule has 0 heterocycles. The number of esters is 2. The van der Waals surface area contributed by atoms with E-state index in [4.69, 9.17) is 9.47 Å². The van der Waals surface area contributed by atoms with E-state index in [1.54, 1.807) is 0 Å². The predicted molar refractivity (Wildman–Crippen MR) is 182 cm³/mol. The number of nitrogens with one attached hydrogen (secondary N) is 1. The fourth-order valence-corrected chi connectivity index (χ4v) is 5.87. The van der Waals surface area contributed by atoms with Gasteiger partial charge in [0.15, 0.2) is 0 Å². The molecule has 0 radical (unpaired) electrons. The fraction of sp³-hybridized carbons (Fsp3) is 0.658. The summed E-state index contributed by atoms with van der Waals surface area (Å²) in [6, 6.07) is 10.1. The first-order valence-corrected chi connectivity index (χ1v) is 17.7. The summed E-state index contributed by atoms with van der Waals surface area (Å²) in [5.41, 5.74) is 1.16. The zero-order chi connectivity index (χ0) is 33.4. The highest BCUT2D eigenvalue weighted by atomic mass is 16.5. The van der Waals surface area contributed by atoms with E-state index in [0.717, 1.165) is 63.4 Å². The largest absolute Gasteiger partial charge is 0.466 e. The second-order valence-electron chi connectivity index (χ2n) is 12.4. The molecular weight excluding hydrogens is 582 g/mol. The highest BCUT2D eigenvalue weighted by molar-refractivity contribution is 5.75. The predicted octanol–water partition coefficient (Wildman–Crippen LogP) is 6.77. The monoisotopic (exact) mass is 641 g/mol. The second-order valence-corrected chi connectivity index (χ2v) is 12.4. The lowest BCUT2D eigenvalue weighted by molar-refractivity contribution is -0.147. The lowest BCUT2D eigenvalue weighted by Gasteiger charge is -2.21. The van der Waals surface area contributed by atoms with Gasteiger partial charge in [0, 0.05) is 38.1 Å². The molecule has 0 aromatic heterocycles. The molecule has 1 aliphatic rings. The summed E-state index contributed by atoms with van der Waals surface area (Å²) in [6.45, 7) is 5.06. The maximum absolute atomic E-state index is 12.8. The number of aliphatic hydroxyl groups is 2. The van der Waals surface area contributed by atoms with Crippen LogP contribution in [0.25, 0.3) is 0 Å². The van der Waals surface area contributed by atoms with Crippen LogP contribution in [-0.2, 0) is 30.3 Å². The number of carbonyl (C=O) groups excluding carboxylic acids is 3. The van der Waals surface area contributed by atoms with Crippen molar-refractivity contribution in [3.8, 4) is 0 Å². The van der Waals surface area contributed by atoms with Crippen molar-refractivity contribution < 1.29 is 34.1 Å². The van der Waals surface area contributed by atoms with Gasteiger partial charge in [-0.1, -0.05) is 74.7 Å². The van der Waals surface area contributed by atoms with Crippen molar-refractivity contribution in [3.05, 3.63) is 60.2 Å². The molecule has 1 amide bonds. The fourth-order valence-electron chi connectivity index (χ4n) is 5.87. The first-order valence-electron chi connectivity index (χ1n) is 17.7. The van der Waals surface area contributed by atoms with Crippen molar-refractivity contribution in [3.63, 3.8) is 0 Å². The lowest BCUT2D eigenvalue weighted by atomic mass is 9.89. The number of benzene rings is 1. The highest BCUT2D eigenvalue weighted by Gasteiger charge is 2.39. The zero-order valence-corrected chi connectivity index (χ0v) is 28.2.